The van der Waals surface area contributed by atoms with Crippen LogP contribution in [-0.4, -0.2) is 61.0 Å². The van der Waals surface area contributed by atoms with E-state index >= 15 is 0 Å². The van der Waals surface area contributed by atoms with E-state index in [0.29, 0.717) is 5.82 Å². The molecule has 0 aliphatic carbocycles. The normalized spacial score (nSPS) is 14.8. The zero-order valence-electron chi connectivity index (χ0n) is 17.3. The Morgan fingerprint density at radius 1 is 1.07 bits per heavy atom. The van der Waals surface area contributed by atoms with Crippen LogP contribution in [0.1, 0.15) is 15.9 Å². The fraction of sp³-hybridized carbons (Fsp3) is 0.304. The van der Waals surface area contributed by atoms with Crippen LogP contribution < -0.4 is 10.6 Å². The molecule has 2 aromatic carbocycles. The molecule has 4 rings (SSSR count). The minimum Gasteiger partial charge on any atom is -0.384 e. The molecule has 1 aromatic heterocycles. The van der Waals surface area contributed by atoms with Crippen LogP contribution >= 0.6 is 22.6 Å². The van der Waals surface area contributed by atoms with Crippen molar-refractivity contribution >= 4 is 50.9 Å². The molecule has 2 heterocycles. The number of nitrogens with zero attached hydrogens (tertiary/aromatic N) is 4. The molecule has 3 aromatic rings. The number of hydrogen-bond donors (Lipinski definition) is 1. The summed E-state index contributed by atoms with van der Waals surface area (Å²) in [6.45, 7) is 3.95. The van der Waals surface area contributed by atoms with Crippen LogP contribution in [0.2, 0.25) is 0 Å². The van der Waals surface area contributed by atoms with Gasteiger partial charge >= 0.3 is 0 Å². The van der Waals surface area contributed by atoms with Crippen LogP contribution in [0.3, 0.4) is 0 Å². The lowest BCUT2D eigenvalue weighted by atomic mass is 10.1. The van der Waals surface area contributed by atoms with Gasteiger partial charge in [0.05, 0.1) is 5.52 Å². The average molecular weight is 515 g/mol. The number of fused-ring (bicyclic) bond motifs is 1. The lowest BCUT2D eigenvalue weighted by molar-refractivity contribution is 0.0629. The fourth-order valence-corrected chi connectivity index (χ4v) is 4.34. The van der Waals surface area contributed by atoms with E-state index in [1.54, 1.807) is 0 Å². The first-order valence-electron chi connectivity index (χ1n) is 10.0. The van der Waals surface area contributed by atoms with Crippen molar-refractivity contribution < 1.29 is 4.79 Å². The Morgan fingerprint density at radius 3 is 2.43 bits per heavy atom. The third kappa shape index (κ3) is 4.52. The summed E-state index contributed by atoms with van der Waals surface area (Å²) >= 11 is 2.29. The van der Waals surface area contributed by atoms with E-state index in [4.69, 9.17) is 5.73 Å². The molecule has 1 saturated heterocycles. The summed E-state index contributed by atoms with van der Waals surface area (Å²) in [5, 5.41) is 1.14. The molecular weight excluding hydrogens is 489 g/mol. The number of nitrogen functional groups attached to an aromatic ring is 1. The van der Waals surface area contributed by atoms with Gasteiger partial charge in [0.2, 0.25) is 0 Å². The molecular formula is C23H26IN5O. The number of pyridine rings is 1. The first-order chi connectivity index (χ1) is 14.4. The number of anilines is 2. The summed E-state index contributed by atoms with van der Waals surface area (Å²) in [7, 11) is 3.99. The monoisotopic (exact) mass is 515 g/mol. The van der Waals surface area contributed by atoms with Crippen molar-refractivity contribution in [2.24, 2.45) is 0 Å². The smallest absolute Gasteiger partial charge is 0.253 e. The molecule has 0 unspecified atom stereocenters. The quantitative estimate of drug-likeness (QED) is 0.540. The number of carbonyl (C=O) groups is 1. The second kappa shape index (κ2) is 8.77. The van der Waals surface area contributed by atoms with Crippen molar-refractivity contribution in [1.29, 1.82) is 0 Å². The SMILES string of the molecule is CN(C)c1ccc(C(=O)N2CCN(Cc3cc(N)nc4cc(I)ccc34)CC2)cc1. The van der Waals surface area contributed by atoms with Crippen LogP contribution in [0.25, 0.3) is 10.9 Å². The summed E-state index contributed by atoms with van der Waals surface area (Å²) in [6.07, 6.45) is 0. The van der Waals surface area contributed by atoms with Crippen LogP contribution in [-0.2, 0) is 6.54 Å². The number of rotatable bonds is 4. The standard InChI is InChI=1S/C23H26IN5O/c1-27(2)19-6-3-16(4-7-19)23(30)29-11-9-28(10-12-29)15-17-13-22(25)26-21-14-18(24)5-8-20(17)21/h3-8,13-14H,9-12,15H2,1-2H3,(H2,25,26). The van der Waals surface area contributed by atoms with E-state index < -0.39 is 0 Å². The first kappa shape index (κ1) is 20.9. The Kier molecular flexibility index (Phi) is 6.10. The highest BCUT2D eigenvalue weighted by Gasteiger charge is 2.22. The molecule has 2 N–H and O–H groups in total. The van der Waals surface area contributed by atoms with Crippen molar-refractivity contribution in [3.05, 3.63) is 63.2 Å². The molecule has 0 bridgehead atoms. The van der Waals surface area contributed by atoms with E-state index in [0.717, 1.165) is 58.4 Å². The van der Waals surface area contributed by atoms with Crippen LogP contribution in [0.15, 0.2) is 48.5 Å². The highest BCUT2D eigenvalue weighted by molar-refractivity contribution is 14.1. The number of hydrogen-bond acceptors (Lipinski definition) is 5. The minimum atomic E-state index is 0.105. The van der Waals surface area contributed by atoms with Crippen molar-refractivity contribution in [3.63, 3.8) is 0 Å². The Balaban J connectivity index is 1.41. The molecule has 156 valence electrons. The lowest BCUT2D eigenvalue weighted by Crippen LogP contribution is -2.48. The highest BCUT2D eigenvalue weighted by Crippen LogP contribution is 2.24. The van der Waals surface area contributed by atoms with Gasteiger partial charge in [0, 0.05) is 67.0 Å². The maximum absolute atomic E-state index is 12.9. The summed E-state index contributed by atoms with van der Waals surface area (Å²) in [5.41, 5.74) is 10.0. The van der Waals surface area contributed by atoms with Crippen molar-refractivity contribution in [1.82, 2.24) is 14.8 Å². The molecule has 0 radical (unpaired) electrons. The zero-order chi connectivity index (χ0) is 21.3. The van der Waals surface area contributed by atoms with Crippen LogP contribution in [0, 0.1) is 3.57 Å². The number of aromatic nitrogens is 1. The molecule has 1 amide bonds. The third-order valence-corrected chi connectivity index (χ3v) is 6.23. The Labute approximate surface area is 190 Å². The predicted octanol–water partition coefficient (Wildman–Crippen LogP) is 3.45. The van der Waals surface area contributed by atoms with Gasteiger partial charge in [-0.25, -0.2) is 4.98 Å². The molecule has 1 fully saturated rings. The molecule has 30 heavy (non-hydrogen) atoms. The molecule has 1 aliphatic heterocycles. The number of amides is 1. The number of nitrogens with two attached hydrogens (primary N) is 1. The van der Waals surface area contributed by atoms with Crippen molar-refractivity contribution in [2.75, 3.05) is 50.9 Å². The van der Waals surface area contributed by atoms with Gasteiger partial charge in [-0.15, -0.1) is 0 Å². The number of carbonyl (C=O) groups excluding carboxylic acids is 1. The van der Waals surface area contributed by atoms with Gasteiger partial charge in [-0.05, 0) is 70.6 Å². The molecule has 6 nitrogen and oxygen atoms in total. The molecule has 1 aliphatic rings. The minimum absolute atomic E-state index is 0.105. The predicted molar refractivity (Wildman–Crippen MR) is 131 cm³/mol. The lowest BCUT2D eigenvalue weighted by Gasteiger charge is -2.35. The van der Waals surface area contributed by atoms with E-state index in [2.05, 4.69) is 50.7 Å². The van der Waals surface area contributed by atoms with E-state index in [-0.39, 0.29) is 5.91 Å². The van der Waals surface area contributed by atoms with Crippen molar-refractivity contribution in [2.45, 2.75) is 6.54 Å². The van der Waals surface area contributed by atoms with Crippen LogP contribution in [0.4, 0.5) is 11.5 Å². The van der Waals surface area contributed by atoms with Gasteiger partial charge in [0.1, 0.15) is 5.82 Å². The van der Waals surface area contributed by atoms with Crippen LogP contribution in [0.5, 0.6) is 0 Å². The van der Waals surface area contributed by atoms with Gasteiger partial charge in [-0.1, -0.05) is 6.07 Å². The number of halogens is 1. The summed E-state index contributed by atoms with van der Waals surface area (Å²) in [5.74, 6) is 0.655. The van der Waals surface area contributed by atoms with Crippen molar-refractivity contribution in [3.8, 4) is 0 Å². The Bertz CT molecular complexity index is 1050. The van der Waals surface area contributed by atoms with E-state index in [9.17, 15) is 4.79 Å². The van der Waals surface area contributed by atoms with Gasteiger partial charge < -0.3 is 15.5 Å². The molecule has 7 heteroatoms. The third-order valence-electron chi connectivity index (χ3n) is 5.56. The number of benzene rings is 2. The van der Waals surface area contributed by atoms with Gasteiger partial charge in [-0.3, -0.25) is 9.69 Å². The largest absolute Gasteiger partial charge is 0.384 e. The second-order valence-corrected chi connectivity index (χ2v) is 9.12. The maximum atomic E-state index is 12.9. The summed E-state index contributed by atoms with van der Waals surface area (Å²) in [4.78, 5) is 23.7. The summed E-state index contributed by atoms with van der Waals surface area (Å²) < 4.78 is 1.15. The molecule has 0 spiro atoms. The molecule has 0 saturated carbocycles. The van der Waals surface area contributed by atoms with E-state index in [1.807, 2.05) is 54.2 Å². The maximum Gasteiger partial charge on any atom is 0.253 e. The first-order valence-corrected chi connectivity index (χ1v) is 11.1. The van der Waals surface area contributed by atoms with Gasteiger partial charge in [0.25, 0.3) is 5.91 Å². The Hall–Kier alpha value is -2.39. The van der Waals surface area contributed by atoms with E-state index in [1.165, 1.54) is 5.56 Å². The number of piperazine rings is 1. The highest BCUT2D eigenvalue weighted by atomic mass is 127. The summed E-state index contributed by atoms with van der Waals surface area (Å²) in [6, 6.07) is 16.1. The Morgan fingerprint density at radius 2 is 1.77 bits per heavy atom. The second-order valence-electron chi connectivity index (χ2n) is 7.88. The zero-order valence-corrected chi connectivity index (χ0v) is 19.5. The topological polar surface area (TPSA) is 65.7 Å². The van der Waals surface area contributed by atoms with Gasteiger partial charge in [-0.2, -0.15) is 0 Å². The molecule has 0 atom stereocenters. The van der Waals surface area contributed by atoms with Gasteiger partial charge in [0.15, 0.2) is 0 Å². The fourth-order valence-electron chi connectivity index (χ4n) is 3.86. The average Bonchev–Trinajstić information content (AvgIpc) is 2.73.